The lowest BCUT2D eigenvalue weighted by Crippen LogP contribution is -2.02. The summed E-state index contributed by atoms with van der Waals surface area (Å²) >= 11 is 0. The van der Waals surface area contributed by atoms with Gasteiger partial charge in [0, 0.05) is 5.69 Å². The fourth-order valence-electron chi connectivity index (χ4n) is 1.87. The minimum absolute atomic E-state index is 0.650. The van der Waals surface area contributed by atoms with Crippen molar-refractivity contribution in [1.29, 1.82) is 0 Å². The van der Waals surface area contributed by atoms with Gasteiger partial charge in [-0.1, -0.05) is 25.1 Å². The summed E-state index contributed by atoms with van der Waals surface area (Å²) < 4.78 is 5.62. The largest absolute Gasteiger partial charge is 0.491 e. The minimum atomic E-state index is 0.650. The molecule has 0 aliphatic rings. The predicted octanol–water partition coefficient (Wildman–Crippen LogP) is 4.11. The van der Waals surface area contributed by atoms with E-state index in [4.69, 9.17) is 10.5 Å². The summed E-state index contributed by atoms with van der Waals surface area (Å²) in [5, 5.41) is 3.32. The second-order valence-electron chi connectivity index (χ2n) is 4.56. The highest BCUT2D eigenvalue weighted by Crippen LogP contribution is 2.31. The van der Waals surface area contributed by atoms with Gasteiger partial charge in [0.2, 0.25) is 0 Å². The van der Waals surface area contributed by atoms with Gasteiger partial charge < -0.3 is 15.8 Å². The van der Waals surface area contributed by atoms with Crippen molar-refractivity contribution in [3.8, 4) is 5.75 Å². The molecule has 0 spiro atoms. The van der Waals surface area contributed by atoms with Crippen molar-refractivity contribution in [2.45, 2.75) is 20.3 Å². The van der Waals surface area contributed by atoms with Crippen LogP contribution < -0.4 is 15.8 Å². The van der Waals surface area contributed by atoms with Crippen molar-refractivity contribution < 1.29 is 4.74 Å². The summed E-state index contributed by atoms with van der Waals surface area (Å²) in [6, 6.07) is 14.0. The van der Waals surface area contributed by atoms with Gasteiger partial charge in [0.15, 0.2) is 0 Å². The van der Waals surface area contributed by atoms with E-state index in [0.29, 0.717) is 12.3 Å². The third-order valence-corrected chi connectivity index (χ3v) is 2.82. The molecule has 2 aromatic carbocycles. The van der Waals surface area contributed by atoms with Crippen LogP contribution in [0, 0.1) is 6.92 Å². The summed E-state index contributed by atoms with van der Waals surface area (Å²) in [7, 11) is 0. The zero-order valence-electron chi connectivity index (χ0n) is 11.4. The van der Waals surface area contributed by atoms with E-state index in [9.17, 15) is 0 Å². The van der Waals surface area contributed by atoms with Crippen molar-refractivity contribution in [3.63, 3.8) is 0 Å². The fraction of sp³-hybridized carbons (Fsp3) is 0.250. The molecule has 0 unspecified atom stereocenters. The fourth-order valence-corrected chi connectivity index (χ4v) is 1.87. The molecule has 19 heavy (non-hydrogen) atoms. The maximum absolute atomic E-state index is 6.12. The minimum Gasteiger partial charge on any atom is -0.491 e. The number of nitrogens with one attached hydrogen (secondary N) is 1. The lowest BCUT2D eigenvalue weighted by molar-refractivity contribution is 0.319. The first kappa shape index (κ1) is 13.3. The van der Waals surface area contributed by atoms with Crippen LogP contribution in [-0.2, 0) is 0 Å². The molecule has 0 heterocycles. The highest BCUT2D eigenvalue weighted by molar-refractivity contribution is 5.77. The zero-order valence-corrected chi connectivity index (χ0v) is 11.4. The molecule has 2 rings (SSSR count). The predicted molar refractivity (Wildman–Crippen MR) is 81.1 cm³/mol. The molecule has 0 fully saturated rings. The number of rotatable bonds is 5. The number of ether oxygens (including phenoxy) is 1. The lowest BCUT2D eigenvalue weighted by Gasteiger charge is -2.13. The first-order chi connectivity index (χ1) is 9.20. The van der Waals surface area contributed by atoms with Crippen LogP contribution >= 0.6 is 0 Å². The first-order valence-electron chi connectivity index (χ1n) is 6.55. The number of para-hydroxylation sites is 1. The number of benzene rings is 2. The quantitative estimate of drug-likeness (QED) is 0.791. The summed E-state index contributed by atoms with van der Waals surface area (Å²) in [6.45, 7) is 4.82. The van der Waals surface area contributed by atoms with Crippen LogP contribution in [-0.4, -0.2) is 6.61 Å². The highest BCUT2D eigenvalue weighted by Gasteiger charge is 2.06. The van der Waals surface area contributed by atoms with Gasteiger partial charge in [-0.05, 0) is 43.2 Å². The molecule has 3 nitrogen and oxygen atoms in total. The van der Waals surface area contributed by atoms with Gasteiger partial charge in [0.25, 0.3) is 0 Å². The highest BCUT2D eigenvalue weighted by atomic mass is 16.5. The Hall–Kier alpha value is -2.16. The third kappa shape index (κ3) is 3.41. The summed E-state index contributed by atoms with van der Waals surface area (Å²) in [5.74, 6) is 0.736. The van der Waals surface area contributed by atoms with Gasteiger partial charge in [-0.2, -0.15) is 0 Å². The smallest absolute Gasteiger partial charge is 0.144 e. The van der Waals surface area contributed by atoms with E-state index in [2.05, 4.69) is 31.3 Å². The van der Waals surface area contributed by atoms with Gasteiger partial charge in [-0.15, -0.1) is 0 Å². The monoisotopic (exact) mass is 256 g/mol. The molecular formula is C16H20N2O. The first-order valence-corrected chi connectivity index (χ1v) is 6.55. The van der Waals surface area contributed by atoms with Crippen LogP contribution in [0.4, 0.5) is 17.1 Å². The number of nitrogen functional groups attached to an aromatic ring is 1. The Morgan fingerprint density at radius 2 is 1.95 bits per heavy atom. The molecule has 0 atom stereocenters. The maximum atomic E-state index is 6.12. The Kier molecular flexibility index (Phi) is 4.29. The molecule has 0 bridgehead atoms. The summed E-state index contributed by atoms with van der Waals surface area (Å²) in [4.78, 5) is 0. The second-order valence-corrected chi connectivity index (χ2v) is 4.56. The van der Waals surface area contributed by atoms with Gasteiger partial charge in [-0.3, -0.25) is 0 Å². The Morgan fingerprint density at radius 1 is 1.16 bits per heavy atom. The van der Waals surface area contributed by atoms with Crippen molar-refractivity contribution in [2.75, 3.05) is 17.7 Å². The molecule has 0 radical (unpaired) electrons. The third-order valence-electron chi connectivity index (χ3n) is 2.82. The van der Waals surface area contributed by atoms with E-state index < -0.39 is 0 Å². The van der Waals surface area contributed by atoms with Gasteiger partial charge in [-0.25, -0.2) is 0 Å². The van der Waals surface area contributed by atoms with E-state index in [-0.39, 0.29) is 0 Å². The van der Waals surface area contributed by atoms with E-state index in [1.807, 2.05) is 30.3 Å². The molecule has 3 N–H and O–H groups in total. The average Bonchev–Trinajstić information content (AvgIpc) is 2.40. The Bertz CT molecular complexity index is 552. The summed E-state index contributed by atoms with van der Waals surface area (Å²) in [5.41, 5.74) is 9.88. The topological polar surface area (TPSA) is 47.3 Å². The second kappa shape index (κ2) is 6.14. The number of nitrogens with two attached hydrogens (primary N) is 1. The Balaban J connectivity index is 2.20. The van der Waals surface area contributed by atoms with E-state index in [1.165, 1.54) is 5.56 Å². The average molecular weight is 256 g/mol. The molecule has 0 amide bonds. The SMILES string of the molecule is CCCOc1cccc(Nc2cccc(C)c2)c1N. The maximum Gasteiger partial charge on any atom is 0.144 e. The number of hydrogen-bond acceptors (Lipinski definition) is 3. The van der Waals surface area contributed by atoms with Crippen LogP contribution in [0.15, 0.2) is 42.5 Å². The van der Waals surface area contributed by atoms with Crippen molar-refractivity contribution in [2.24, 2.45) is 0 Å². The lowest BCUT2D eigenvalue weighted by atomic mass is 10.2. The molecule has 0 saturated carbocycles. The van der Waals surface area contributed by atoms with Gasteiger partial charge in [0.1, 0.15) is 5.75 Å². The normalized spacial score (nSPS) is 10.2. The molecule has 3 heteroatoms. The Labute approximate surface area is 114 Å². The van der Waals surface area contributed by atoms with Gasteiger partial charge in [0.05, 0.1) is 18.0 Å². The summed E-state index contributed by atoms with van der Waals surface area (Å²) in [6.07, 6.45) is 0.967. The van der Waals surface area contributed by atoms with Crippen LogP contribution in [0.25, 0.3) is 0 Å². The van der Waals surface area contributed by atoms with E-state index in [1.54, 1.807) is 0 Å². The standard InChI is InChI=1S/C16H20N2O/c1-3-10-19-15-9-5-8-14(16(15)17)18-13-7-4-6-12(2)11-13/h4-9,11,18H,3,10,17H2,1-2H3. The number of anilines is 3. The van der Waals surface area contributed by atoms with Crippen LogP contribution in [0.3, 0.4) is 0 Å². The Morgan fingerprint density at radius 3 is 2.68 bits per heavy atom. The molecule has 0 aromatic heterocycles. The van der Waals surface area contributed by atoms with E-state index in [0.717, 1.165) is 23.5 Å². The molecule has 100 valence electrons. The molecule has 0 aliphatic heterocycles. The van der Waals surface area contributed by atoms with Crippen molar-refractivity contribution in [3.05, 3.63) is 48.0 Å². The van der Waals surface area contributed by atoms with Crippen molar-refractivity contribution in [1.82, 2.24) is 0 Å². The van der Waals surface area contributed by atoms with E-state index >= 15 is 0 Å². The molecular weight excluding hydrogens is 236 g/mol. The zero-order chi connectivity index (χ0) is 13.7. The molecule has 2 aromatic rings. The molecule has 0 saturated heterocycles. The number of hydrogen-bond donors (Lipinski definition) is 2. The van der Waals surface area contributed by atoms with Crippen LogP contribution in [0.2, 0.25) is 0 Å². The van der Waals surface area contributed by atoms with Crippen LogP contribution in [0.5, 0.6) is 5.75 Å². The van der Waals surface area contributed by atoms with Gasteiger partial charge >= 0.3 is 0 Å². The number of aryl methyl sites for hydroxylation is 1. The van der Waals surface area contributed by atoms with Crippen molar-refractivity contribution >= 4 is 17.1 Å². The van der Waals surface area contributed by atoms with Crippen LogP contribution in [0.1, 0.15) is 18.9 Å². The molecule has 0 aliphatic carbocycles.